The van der Waals surface area contributed by atoms with Gasteiger partial charge in [-0.2, -0.15) is 9.90 Å². The average molecular weight is 465 g/mol. The first kappa shape index (κ1) is 25.5. The lowest BCUT2D eigenvalue weighted by Crippen LogP contribution is -2.07. The fourth-order valence-electron chi connectivity index (χ4n) is 0.873. The van der Waals surface area contributed by atoms with Crippen LogP contribution in [0.4, 0.5) is 0 Å². The van der Waals surface area contributed by atoms with E-state index < -0.39 is 22.3 Å². The molecule has 21 heavy (non-hydrogen) atoms. The van der Waals surface area contributed by atoms with E-state index in [1.165, 1.54) is 0 Å². The molecule has 130 valence electrons. The number of alkyl halides is 6. The quantitative estimate of drug-likeness (QED) is 0.271. The van der Waals surface area contributed by atoms with Crippen molar-refractivity contribution < 1.29 is 18.1 Å². The fraction of sp³-hybridized carbons (Fsp3) is 1.00. The largest absolute Gasteiger partial charge is 0.474 e. The standard InChI is InChI=1S/C9H15Cl6O4P.H3P/c10-7(11)1-4-17-20(16,18-5-2-8(12)13)19-6-3-9(14)15;/h7-9H,1-6H2;1H3. The van der Waals surface area contributed by atoms with E-state index in [2.05, 4.69) is 0 Å². The number of rotatable bonds is 12. The SMILES string of the molecule is O=P(OCCC(Cl)Cl)(OCCC(Cl)Cl)OCCC(Cl)Cl.P. The van der Waals surface area contributed by atoms with Crippen LogP contribution in [-0.2, 0) is 18.1 Å². The third kappa shape index (κ3) is 16.9. The Morgan fingerprint density at radius 1 is 0.667 bits per heavy atom. The van der Waals surface area contributed by atoms with E-state index in [1.54, 1.807) is 0 Å². The number of halogens is 6. The minimum absolute atomic E-state index is 0. The zero-order valence-corrected chi connectivity index (χ0v) is 17.9. The highest BCUT2D eigenvalue weighted by Gasteiger charge is 2.27. The summed E-state index contributed by atoms with van der Waals surface area (Å²) in [6.07, 6.45) is 0.837. The Morgan fingerprint density at radius 2 is 0.905 bits per heavy atom. The molecular weight excluding hydrogens is 447 g/mol. The van der Waals surface area contributed by atoms with Crippen molar-refractivity contribution in [1.29, 1.82) is 0 Å². The van der Waals surface area contributed by atoms with Crippen molar-refractivity contribution >= 4 is 87.3 Å². The number of phosphoric acid groups is 1. The predicted octanol–water partition coefficient (Wildman–Crippen LogP) is 5.78. The minimum atomic E-state index is -3.74. The average Bonchev–Trinajstić information content (AvgIpc) is 2.27. The van der Waals surface area contributed by atoms with Gasteiger partial charge >= 0.3 is 7.82 Å². The Kier molecular flexibility index (Phi) is 17.8. The van der Waals surface area contributed by atoms with Gasteiger partial charge in [-0.1, -0.05) is 0 Å². The predicted molar refractivity (Wildman–Crippen MR) is 96.9 cm³/mol. The van der Waals surface area contributed by atoms with Crippen LogP contribution in [0.2, 0.25) is 0 Å². The van der Waals surface area contributed by atoms with Crippen LogP contribution in [0, 0.1) is 0 Å². The van der Waals surface area contributed by atoms with Crippen LogP contribution in [0.25, 0.3) is 0 Å². The lowest BCUT2D eigenvalue weighted by atomic mass is 10.5. The van der Waals surface area contributed by atoms with Crippen molar-refractivity contribution in [2.45, 2.75) is 33.8 Å². The summed E-state index contributed by atoms with van der Waals surface area (Å²) >= 11 is 33.3. The zero-order valence-electron chi connectivity index (χ0n) is 11.0. The second-order valence-electron chi connectivity index (χ2n) is 3.49. The number of hydrogen-bond donors (Lipinski definition) is 0. The van der Waals surface area contributed by atoms with Gasteiger partial charge in [-0.3, -0.25) is 13.6 Å². The highest BCUT2D eigenvalue weighted by Crippen LogP contribution is 2.50. The van der Waals surface area contributed by atoms with E-state index in [9.17, 15) is 4.57 Å². The third-order valence-corrected chi connectivity index (χ3v) is 4.56. The fourth-order valence-corrected chi connectivity index (χ4v) is 2.62. The van der Waals surface area contributed by atoms with Crippen molar-refractivity contribution in [3.63, 3.8) is 0 Å². The van der Waals surface area contributed by atoms with Crippen LogP contribution in [0.15, 0.2) is 0 Å². The lowest BCUT2D eigenvalue weighted by Gasteiger charge is -2.18. The monoisotopic (exact) mass is 462 g/mol. The molecule has 0 aromatic carbocycles. The van der Waals surface area contributed by atoms with Crippen LogP contribution in [0.1, 0.15) is 19.3 Å². The van der Waals surface area contributed by atoms with Crippen LogP contribution in [0.5, 0.6) is 0 Å². The minimum Gasteiger partial charge on any atom is -0.287 e. The van der Waals surface area contributed by atoms with Crippen molar-refractivity contribution in [2.24, 2.45) is 0 Å². The molecule has 0 aliphatic carbocycles. The molecule has 0 fully saturated rings. The second kappa shape index (κ2) is 14.6. The maximum atomic E-state index is 12.2. The van der Waals surface area contributed by atoms with Gasteiger partial charge in [0, 0.05) is 19.3 Å². The smallest absolute Gasteiger partial charge is 0.287 e. The Hall–Kier alpha value is 2.28. The van der Waals surface area contributed by atoms with Gasteiger partial charge in [-0.25, -0.2) is 4.57 Å². The molecule has 0 rings (SSSR count). The van der Waals surface area contributed by atoms with Crippen LogP contribution in [-0.4, -0.2) is 34.3 Å². The second-order valence-corrected chi connectivity index (χ2v) is 8.99. The molecule has 0 aromatic heterocycles. The van der Waals surface area contributed by atoms with Crippen molar-refractivity contribution in [3.05, 3.63) is 0 Å². The molecule has 0 radical (unpaired) electrons. The summed E-state index contributed by atoms with van der Waals surface area (Å²) in [5.41, 5.74) is 0. The van der Waals surface area contributed by atoms with E-state index in [4.69, 9.17) is 83.2 Å². The van der Waals surface area contributed by atoms with Gasteiger partial charge < -0.3 is 0 Å². The summed E-state index contributed by atoms with van der Waals surface area (Å²) in [6.45, 7) is 0.0574. The van der Waals surface area contributed by atoms with E-state index in [1.807, 2.05) is 0 Å². The summed E-state index contributed by atoms with van der Waals surface area (Å²) < 4.78 is 27.5. The Labute approximate surface area is 158 Å². The van der Waals surface area contributed by atoms with Gasteiger partial charge in [0.2, 0.25) is 0 Å². The molecule has 0 saturated heterocycles. The maximum absolute atomic E-state index is 12.2. The molecule has 0 saturated carbocycles. The van der Waals surface area contributed by atoms with Crippen LogP contribution < -0.4 is 0 Å². The summed E-state index contributed by atoms with van der Waals surface area (Å²) in [5, 5.41) is 0. The van der Waals surface area contributed by atoms with Gasteiger partial charge in [0.25, 0.3) is 0 Å². The van der Waals surface area contributed by atoms with Gasteiger partial charge in [0.05, 0.1) is 19.8 Å². The zero-order chi connectivity index (χ0) is 15.6. The van der Waals surface area contributed by atoms with Crippen LogP contribution in [0.3, 0.4) is 0 Å². The van der Waals surface area contributed by atoms with Crippen molar-refractivity contribution in [2.75, 3.05) is 19.8 Å². The molecule has 12 heteroatoms. The highest BCUT2D eigenvalue weighted by atomic mass is 35.5. The highest BCUT2D eigenvalue weighted by molar-refractivity contribution is 7.48. The van der Waals surface area contributed by atoms with Gasteiger partial charge in [0.15, 0.2) is 0 Å². The molecule has 0 heterocycles. The third-order valence-electron chi connectivity index (χ3n) is 1.76. The molecule has 1 unspecified atom stereocenters. The van der Waals surface area contributed by atoms with E-state index in [0.29, 0.717) is 0 Å². The first-order valence-electron chi connectivity index (χ1n) is 5.63. The summed E-state index contributed by atoms with van der Waals surface area (Å²) in [7, 11) is -3.74. The van der Waals surface area contributed by atoms with Gasteiger partial charge in [0.1, 0.15) is 14.5 Å². The molecule has 0 aliphatic rings. The maximum Gasteiger partial charge on any atom is 0.474 e. The first-order valence-corrected chi connectivity index (χ1v) is 9.71. The van der Waals surface area contributed by atoms with Crippen molar-refractivity contribution in [3.8, 4) is 0 Å². The lowest BCUT2D eigenvalue weighted by molar-refractivity contribution is 0.112. The molecule has 0 bridgehead atoms. The van der Waals surface area contributed by atoms with Gasteiger partial charge in [-0.15, -0.1) is 69.6 Å². The summed E-state index contributed by atoms with van der Waals surface area (Å²) in [4.78, 5) is -1.89. The molecule has 0 spiro atoms. The molecule has 0 aliphatic heterocycles. The summed E-state index contributed by atoms with van der Waals surface area (Å²) in [6, 6.07) is 0. The Bertz CT molecular complexity index is 253. The normalized spacial score (nSPS) is 12.2. The molecule has 1 atom stereocenters. The van der Waals surface area contributed by atoms with Gasteiger partial charge in [-0.05, 0) is 0 Å². The van der Waals surface area contributed by atoms with Crippen LogP contribution >= 0.6 is 87.3 Å². The molecular formula is C9H18Cl6O4P2. The molecule has 0 N–H and O–H groups in total. The Balaban J connectivity index is 0. The van der Waals surface area contributed by atoms with E-state index >= 15 is 0 Å². The van der Waals surface area contributed by atoms with E-state index in [-0.39, 0.29) is 49.0 Å². The Morgan fingerprint density at radius 3 is 1.10 bits per heavy atom. The topological polar surface area (TPSA) is 44.8 Å². The molecule has 0 amide bonds. The number of hydrogen-bond acceptors (Lipinski definition) is 4. The van der Waals surface area contributed by atoms with E-state index in [0.717, 1.165) is 0 Å². The molecule has 0 aromatic rings. The van der Waals surface area contributed by atoms with Crippen molar-refractivity contribution in [1.82, 2.24) is 0 Å². The number of phosphoric ester groups is 1. The molecule has 4 nitrogen and oxygen atoms in total. The summed E-state index contributed by atoms with van der Waals surface area (Å²) in [5.74, 6) is 0. The first-order chi connectivity index (χ1) is 9.25.